The Labute approximate surface area is 197 Å². The molecule has 2 aliphatic heterocycles. The molecule has 11 N–H and O–H groups in total. The van der Waals surface area contributed by atoms with Crippen molar-refractivity contribution in [2.24, 2.45) is 0 Å². The number of carbonyl (C=O) groups excluding carboxylic acids is 1. The first-order valence-electron chi connectivity index (χ1n) is 10.4. The van der Waals surface area contributed by atoms with Gasteiger partial charge in [-0.1, -0.05) is 0 Å². The minimum Gasteiger partial charge on any atom is -0.394 e. The number of rotatable bonds is 11. The van der Waals surface area contributed by atoms with E-state index >= 15 is 0 Å². The van der Waals surface area contributed by atoms with Gasteiger partial charge in [0.1, 0.15) is 72.6 Å². The van der Waals surface area contributed by atoms with Crippen LogP contribution in [0.15, 0.2) is 0 Å². The average molecular weight is 521 g/mol. The van der Waals surface area contributed by atoms with Crippen LogP contribution in [-0.4, -0.2) is 166 Å². The van der Waals surface area contributed by atoms with Crippen LogP contribution in [0.2, 0.25) is 0 Å². The lowest BCUT2D eigenvalue weighted by atomic mass is 9.99. The molecule has 2 aliphatic rings. The lowest BCUT2D eigenvalue weighted by Crippen LogP contribution is -2.61. The number of thioether (sulfide) groups is 1. The summed E-state index contributed by atoms with van der Waals surface area (Å²) in [6.45, 7) is -1.59. The van der Waals surface area contributed by atoms with Crippen molar-refractivity contribution in [2.75, 3.05) is 19.0 Å². The molecule has 0 amide bonds. The van der Waals surface area contributed by atoms with Crippen molar-refractivity contribution in [2.45, 2.75) is 85.0 Å². The fraction of sp³-hybridized carbons (Fsp3) is 0.944. The summed E-state index contributed by atoms with van der Waals surface area (Å²) in [7, 11) is 0. The monoisotopic (exact) mass is 520 g/mol. The molecule has 34 heavy (non-hydrogen) atoms. The van der Waals surface area contributed by atoms with Crippen molar-refractivity contribution >= 4 is 18.0 Å². The van der Waals surface area contributed by atoms with Gasteiger partial charge in [-0.2, -0.15) is 0 Å². The quantitative estimate of drug-likeness (QED) is 0.113. The van der Waals surface area contributed by atoms with Gasteiger partial charge in [-0.15, -0.1) is 11.8 Å². The molecule has 200 valence electrons. The largest absolute Gasteiger partial charge is 0.394 e. The van der Waals surface area contributed by atoms with E-state index in [-0.39, 0.29) is 12.0 Å². The van der Waals surface area contributed by atoms with Gasteiger partial charge in [0.15, 0.2) is 12.6 Å². The summed E-state index contributed by atoms with van der Waals surface area (Å²) in [6, 6.07) is 0. The van der Waals surface area contributed by atoms with Gasteiger partial charge < -0.3 is 75.2 Å². The Morgan fingerprint density at radius 3 is 1.94 bits per heavy atom. The molecule has 2 heterocycles. The Kier molecular flexibility index (Phi) is 11.5. The number of aliphatic hydroxyl groups is 11. The van der Waals surface area contributed by atoms with E-state index in [9.17, 15) is 55.9 Å². The summed E-state index contributed by atoms with van der Waals surface area (Å²) < 4.78 is 15.9. The van der Waals surface area contributed by atoms with Crippen molar-refractivity contribution in [1.82, 2.24) is 0 Å². The lowest BCUT2D eigenvalue weighted by molar-refractivity contribution is -0.307. The first-order chi connectivity index (χ1) is 16.0. The normalized spacial score (nSPS) is 42.6. The first kappa shape index (κ1) is 29.7. The number of aldehydes is 1. The predicted molar refractivity (Wildman–Crippen MR) is 109 cm³/mol. The summed E-state index contributed by atoms with van der Waals surface area (Å²) in [5.74, 6) is -0.242. The summed E-state index contributed by atoms with van der Waals surface area (Å²) in [5, 5.41) is 108. The van der Waals surface area contributed by atoms with E-state index in [0.29, 0.717) is 0 Å². The van der Waals surface area contributed by atoms with Crippen LogP contribution in [-0.2, 0) is 19.0 Å². The molecule has 15 nitrogen and oxygen atoms in total. The lowest BCUT2D eigenvalue weighted by Gasteiger charge is -2.43. The van der Waals surface area contributed by atoms with Crippen LogP contribution in [0.5, 0.6) is 0 Å². The zero-order valence-electron chi connectivity index (χ0n) is 17.7. The first-order valence-corrected chi connectivity index (χ1v) is 11.4. The van der Waals surface area contributed by atoms with Crippen molar-refractivity contribution in [3.05, 3.63) is 0 Å². The number of hydrogen-bond donors (Lipinski definition) is 11. The SMILES string of the molecule is O=C[C@H](O[C@H]1O[C@H](CS[C@H]2O[C@H](CO)[C@@H](O)[C@H](O)[C@H]2O)[C@@H](O)[C@H](O)[C@H]1O)[C@@H](O)[C@H](O)[C@H](O)CO. The molecule has 0 spiro atoms. The van der Waals surface area contributed by atoms with E-state index in [2.05, 4.69) is 0 Å². The van der Waals surface area contributed by atoms with E-state index in [1.807, 2.05) is 0 Å². The molecule has 0 radical (unpaired) electrons. The maximum atomic E-state index is 11.4. The molecule has 0 aromatic rings. The maximum Gasteiger partial charge on any atom is 0.187 e. The number of hydrogen-bond acceptors (Lipinski definition) is 16. The van der Waals surface area contributed by atoms with E-state index in [1.165, 1.54) is 0 Å². The second kappa shape index (κ2) is 13.1. The van der Waals surface area contributed by atoms with Crippen LogP contribution < -0.4 is 0 Å². The molecular formula is C18H32O15S. The van der Waals surface area contributed by atoms with Gasteiger partial charge >= 0.3 is 0 Å². The summed E-state index contributed by atoms with van der Waals surface area (Å²) in [4.78, 5) is 11.4. The zero-order chi connectivity index (χ0) is 25.7. The summed E-state index contributed by atoms with van der Waals surface area (Å²) in [5.41, 5.74) is -1.19. The van der Waals surface area contributed by atoms with Crippen molar-refractivity contribution in [3.63, 3.8) is 0 Å². The van der Waals surface area contributed by atoms with Gasteiger partial charge in [0.25, 0.3) is 0 Å². The van der Waals surface area contributed by atoms with Gasteiger partial charge in [-0.25, -0.2) is 0 Å². The fourth-order valence-electron chi connectivity index (χ4n) is 3.44. The van der Waals surface area contributed by atoms with Crippen LogP contribution in [0.25, 0.3) is 0 Å². The fourth-order valence-corrected chi connectivity index (χ4v) is 4.67. The Hall–Kier alpha value is -0.540. The van der Waals surface area contributed by atoms with E-state index in [1.54, 1.807) is 0 Å². The van der Waals surface area contributed by atoms with E-state index in [4.69, 9.17) is 19.3 Å². The molecule has 0 saturated carbocycles. The van der Waals surface area contributed by atoms with Crippen molar-refractivity contribution < 1.29 is 75.2 Å². The Morgan fingerprint density at radius 1 is 0.794 bits per heavy atom. The standard InChI is InChI=1S/C18H32O15S/c19-1-5(22)9(23)10(24)6(2-20)31-17-15(29)13(27)12(26)8(32-17)4-34-18-16(30)14(28)11(25)7(3-21)33-18/h2,5-19,21-30H,1,3-4H2/t5-,6+,7-,8-,9-,10-,11-,12-,13+,14+,15-,16-,17+,18-/m1/s1. The molecule has 2 fully saturated rings. The Balaban J connectivity index is 2.05. The number of aliphatic hydroxyl groups excluding tert-OH is 11. The van der Waals surface area contributed by atoms with Crippen LogP contribution in [0.1, 0.15) is 0 Å². The minimum atomic E-state index is -2.05. The third-order valence-electron chi connectivity index (χ3n) is 5.63. The molecular weight excluding hydrogens is 488 g/mol. The van der Waals surface area contributed by atoms with Crippen LogP contribution in [0, 0.1) is 0 Å². The third-order valence-corrected chi connectivity index (χ3v) is 6.87. The third kappa shape index (κ3) is 6.61. The molecule has 0 aromatic heterocycles. The van der Waals surface area contributed by atoms with Crippen molar-refractivity contribution in [1.29, 1.82) is 0 Å². The highest BCUT2D eigenvalue weighted by atomic mass is 32.2. The van der Waals surface area contributed by atoms with Crippen molar-refractivity contribution in [3.8, 4) is 0 Å². The highest BCUT2D eigenvalue weighted by Crippen LogP contribution is 2.32. The maximum absolute atomic E-state index is 11.4. The smallest absolute Gasteiger partial charge is 0.187 e. The molecule has 0 bridgehead atoms. The van der Waals surface area contributed by atoms with Crippen LogP contribution in [0.3, 0.4) is 0 Å². The average Bonchev–Trinajstić information content (AvgIpc) is 2.84. The van der Waals surface area contributed by atoms with Gasteiger partial charge in [0.2, 0.25) is 0 Å². The molecule has 0 unspecified atom stereocenters. The molecule has 14 atom stereocenters. The van der Waals surface area contributed by atoms with Gasteiger partial charge in [-0.05, 0) is 0 Å². The zero-order valence-corrected chi connectivity index (χ0v) is 18.6. The van der Waals surface area contributed by atoms with Gasteiger partial charge in [0, 0.05) is 5.75 Å². The predicted octanol–water partition coefficient (Wildman–Crippen LogP) is -7.01. The minimum absolute atomic E-state index is 0.0309. The Bertz CT molecular complexity index is 628. The molecule has 2 rings (SSSR count). The highest BCUT2D eigenvalue weighted by molar-refractivity contribution is 7.99. The molecule has 0 aromatic carbocycles. The second-order valence-electron chi connectivity index (χ2n) is 8.01. The van der Waals surface area contributed by atoms with Crippen LogP contribution >= 0.6 is 11.8 Å². The molecule has 16 heteroatoms. The second-order valence-corrected chi connectivity index (χ2v) is 9.14. The number of carbonyl (C=O) groups is 1. The highest BCUT2D eigenvalue weighted by Gasteiger charge is 2.48. The summed E-state index contributed by atoms with van der Waals surface area (Å²) >= 11 is 0.781. The summed E-state index contributed by atoms with van der Waals surface area (Å²) in [6.07, 6.45) is -22.2. The number of ether oxygens (including phenoxy) is 3. The Morgan fingerprint density at radius 2 is 1.38 bits per heavy atom. The molecule has 2 saturated heterocycles. The molecule has 0 aliphatic carbocycles. The van der Waals surface area contributed by atoms with Crippen LogP contribution in [0.4, 0.5) is 0 Å². The van der Waals surface area contributed by atoms with Gasteiger partial charge in [0.05, 0.1) is 19.3 Å². The van der Waals surface area contributed by atoms with Gasteiger partial charge in [-0.3, -0.25) is 0 Å². The van der Waals surface area contributed by atoms with E-state index < -0.39 is 98.2 Å². The van der Waals surface area contributed by atoms with E-state index in [0.717, 1.165) is 11.8 Å². The topological polar surface area (TPSA) is 267 Å².